The van der Waals surface area contributed by atoms with E-state index in [9.17, 15) is 0 Å². The number of hydrogen-bond donors (Lipinski definition) is 0. The summed E-state index contributed by atoms with van der Waals surface area (Å²) >= 11 is 0. The molecule has 1 atom stereocenters. The Bertz CT molecular complexity index is 2440. The average molecular weight is 657 g/mol. The number of nitrogens with zero attached hydrogens (tertiary/aromatic N) is 2. The third-order valence-electron chi connectivity index (χ3n) is 9.76. The summed E-state index contributed by atoms with van der Waals surface area (Å²) in [5.74, 6) is 0. The van der Waals surface area contributed by atoms with Crippen LogP contribution in [0.15, 0.2) is 205 Å². The van der Waals surface area contributed by atoms with Crippen LogP contribution in [0.25, 0.3) is 44.2 Å². The highest BCUT2D eigenvalue weighted by Crippen LogP contribution is 2.39. The van der Waals surface area contributed by atoms with Gasteiger partial charge in [-0.25, -0.2) is 0 Å². The second kappa shape index (κ2) is 13.4. The van der Waals surface area contributed by atoms with Gasteiger partial charge >= 0.3 is 0 Å². The molecular weight excluding hydrogens is 621 g/mol. The normalized spacial score (nSPS) is 13.8. The van der Waals surface area contributed by atoms with Gasteiger partial charge in [0.1, 0.15) is 11.2 Å². The molecule has 0 saturated heterocycles. The molecule has 9 rings (SSSR count). The number of furan rings is 1. The number of benzene rings is 7. The average Bonchev–Trinajstić information content (AvgIpc) is 3.58. The lowest BCUT2D eigenvalue weighted by atomic mass is 9.99. The smallest absolute Gasteiger partial charge is 0.135 e. The van der Waals surface area contributed by atoms with Crippen molar-refractivity contribution in [3.05, 3.63) is 200 Å². The van der Waals surface area contributed by atoms with Crippen molar-refractivity contribution in [1.29, 1.82) is 0 Å². The lowest BCUT2D eigenvalue weighted by Crippen LogP contribution is -2.29. The van der Waals surface area contributed by atoms with Gasteiger partial charge in [-0.05, 0) is 114 Å². The van der Waals surface area contributed by atoms with Gasteiger partial charge in [0, 0.05) is 39.2 Å². The highest BCUT2D eigenvalue weighted by atomic mass is 16.3. The third kappa shape index (κ3) is 6.00. The van der Waals surface area contributed by atoms with E-state index in [2.05, 4.69) is 210 Å². The van der Waals surface area contributed by atoms with Gasteiger partial charge in [-0.3, -0.25) is 0 Å². The van der Waals surface area contributed by atoms with Crippen LogP contribution in [0.1, 0.15) is 6.42 Å². The van der Waals surface area contributed by atoms with Crippen LogP contribution in [0, 0.1) is 0 Å². The zero-order valence-electron chi connectivity index (χ0n) is 28.1. The highest BCUT2D eigenvalue weighted by molar-refractivity contribution is 6.07. The maximum absolute atomic E-state index is 6.32. The van der Waals surface area contributed by atoms with Gasteiger partial charge < -0.3 is 14.2 Å². The summed E-state index contributed by atoms with van der Waals surface area (Å²) < 4.78 is 6.32. The van der Waals surface area contributed by atoms with E-state index in [1.807, 2.05) is 0 Å². The molecule has 0 spiro atoms. The van der Waals surface area contributed by atoms with E-state index in [1.54, 1.807) is 0 Å². The first-order chi connectivity index (χ1) is 25.3. The molecule has 1 aliphatic rings. The van der Waals surface area contributed by atoms with Crippen LogP contribution >= 0.6 is 0 Å². The molecule has 1 aromatic heterocycles. The molecule has 1 aliphatic carbocycles. The molecule has 0 saturated carbocycles. The molecule has 1 heterocycles. The van der Waals surface area contributed by atoms with Crippen molar-refractivity contribution in [3.63, 3.8) is 0 Å². The SMILES string of the molecule is C1=CCC(N(c2ccccc2)c2ccc(-c3ccc4oc5ccc(-c6ccc(N(c7ccccc7)c7ccccc7)cc6)cc5c4c3)cc2)C=C1. The molecule has 0 radical (unpaired) electrons. The van der Waals surface area contributed by atoms with Crippen LogP contribution in [0.4, 0.5) is 28.4 Å². The second-order valence-corrected chi connectivity index (χ2v) is 12.9. The van der Waals surface area contributed by atoms with Crippen molar-refractivity contribution in [1.82, 2.24) is 0 Å². The van der Waals surface area contributed by atoms with Gasteiger partial charge in [-0.15, -0.1) is 0 Å². The fraction of sp³-hybridized carbons (Fsp3) is 0.0417. The predicted molar refractivity (Wildman–Crippen MR) is 215 cm³/mol. The van der Waals surface area contributed by atoms with Crippen molar-refractivity contribution in [2.24, 2.45) is 0 Å². The molecule has 51 heavy (non-hydrogen) atoms. The molecule has 0 N–H and O–H groups in total. The van der Waals surface area contributed by atoms with Crippen LogP contribution in [-0.4, -0.2) is 6.04 Å². The Balaban J connectivity index is 1.03. The summed E-state index contributed by atoms with van der Waals surface area (Å²) in [6.45, 7) is 0. The monoisotopic (exact) mass is 656 g/mol. The standard InChI is InChI=1S/C48H36N2O/c1-5-13-39(14-6-1)49(40-15-7-2-8-16-40)43-27-21-35(22-28-43)37-25-31-47-45(33-37)46-34-38(26-32-48(46)51-47)36-23-29-44(30-24-36)50(41-17-9-3-10-18-41)42-19-11-4-12-20-42/h1-19,21-34,42H,20H2. The fourth-order valence-corrected chi connectivity index (χ4v) is 7.23. The van der Waals surface area contributed by atoms with E-state index in [4.69, 9.17) is 4.42 Å². The zero-order chi connectivity index (χ0) is 34.0. The first-order valence-electron chi connectivity index (χ1n) is 17.5. The Morgan fingerprint density at radius 3 is 1.33 bits per heavy atom. The first kappa shape index (κ1) is 30.5. The van der Waals surface area contributed by atoms with Gasteiger partial charge in [0.15, 0.2) is 0 Å². The van der Waals surface area contributed by atoms with E-state index in [0.717, 1.165) is 56.5 Å². The molecule has 8 aromatic rings. The lowest BCUT2D eigenvalue weighted by Gasteiger charge is -2.32. The Labute approximate surface area is 298 Å². The van der Waals surface area contributed by atoms with Gasteiger partial charge in [0.25, 0.3) is 0 Å². The quantitative estimate of drug-likeness (QED) is 0.162. The van der Waals surface area contributed by atoms with Gasteiger partial charge in [-0.2, -0.15) is 0 Å². The molecule has 0 bridgehead atoms. The zero-order valence-corrected chi connectivity index (χ0v) is 28.1. The minimum absolute atomic E-state index is 0.272. The van der Waals surface area contributed by atoms with Crippen LogP contribution in [0.5, 0.6) is 0 Å². The minimum atomic E-state index is 0.272. The van der Waals surface area contributed by atoms with Crippen LogP contribution < -0.4 is 9.80 Å². The lowest BCUT2D eigenvalue weighted by molar-refractivity contribution is 0.669. The Kier molecular flexibility index (Phi) is 7.99. The fourth-order valence-electron chi connectivity index (χ4n) is 7.23. The summed E-state index contributed by atoms with van der Waals surface area (Å²) in [4.78, 5) is 4.71. The number of para-hydroxylation sites is 3. The largest absolute Gasteiger partial charge is 0.456 e. The van der Waals surface area contributed by atoms with Crippen molar-refractivity contribution in [3.8, 4) is 22.3 Å². The van der Waals surface area contributed by atoms with Crippen LogP contribution in [0.2, 0.25) is 0 Å². The van der Waals surface area contributed by atoms with E-state index in [1.165, 1.54) is 22.5 Å². The molecule has 0 aliphatic heterocycles. The summed E-state index contributed by atoms with van der Waals surface area (Å²) in [5.41, 5.74) is 12.2. The maximum Gasteiger partial charge on any atom is 0.135 e. The van der Waals surface area contributed by atoms with Gasteiger partial charge in [0.05, 0.1) is 6.04 Å². The Hall–Kier alpha value is -6.58. The molecule has 0 amide bonds. The number of fused-ring (bicyclic) bond motifs is 3. The van der Waals surface area contributed by atoms with E-state index < -0.39 is 0 Å². The molecule has 3 nitrogen and oxygen atoms in total. The predicted octanol–water partition coefficient (Wildman–Crippen LogP) is 13.4. The van der Waals surface area contributed by atoms with Gasteiger partial charge in [-0.1, -0.05) is 115 Å². The summed E-state index contributed by atoms with van der Waals surface area (Å²) in [5, 5.41) is 2.24. The Morgan fingerprint density at radius 1 is 0.412 bits per heavy atom. The number of allylic oxidation sites excluding steroid dienone is 2. The molecule has 3 heteroatoms. The van der Waals surface area contributed by atoms with Crippen molar-refractivity contribution in [2.75, 3.05) is 9.80 Å². The minimum Gasteiger partial charge on any atom is -0.456 e. The van der Waals surface area contributed by atoms with E-state index in [-0.39, 0.29) is 6.04 Å². The molecule has 244 valence electrons. The van der Waals surface area contributed by atoms with E-state index in [0.29, 0.717) is 0 Å². The van der Waals surface area contributed by atoms with Crippen LogP contribution in [-0.2, 0) is 0 Å². The topological polar surface area (TPSA) is 19.6 Å². The summed E-state index contributed by atoms with van der Waals surface area (Å²) in [6.07, 6.45) is 9.78. The molecule has 7 aromatic carbocycles. The first-order valence-corrected chi connectivity index (χ1v) is 17.5. The van der Waals surface area contributed by atoms with Crippen molar-refractivity contribution < 1.29 is 4.42 Å². The number of rotatable bonds is 8. The molecule has 1 unspecified atom stereocenters. The highest BCUT2D eigenvalue weighted by Gasteiger charge is 2.19. The second-order valence-electron chi connectivity index (χ2n) is 12.9. The van der Waals surface area contributed by atoms with Crippen molar-refractivity contribution >= 4 is 50.4 Å². The number of anilines is 5. The molecular formula is C48H36N2O. The molecule has 0 fully saturated rings. The van der Waals surface area contributed by atoms with Crippen LogP contribution in [0.3, 0.4) is 0 Å². The maximum atomic E-state index is 6.32. The van der Waals surface area contributed by atoms with E-state index >= 15 is 0 Å². The Morgan fingerprint density at radius 2 is 0.843 bits per heavy atom. The number of hydrogen-bond acceptors (Lipinski definition) is 3. The van der Waals surface area contributed by atoms with Crippen molar-refractivity contribution in [2.45, 2.75) is 12.5 Å². The summed E-state index contributed by atoms with van der Waals surface area (Å²) in [7, 11) is 0. The van der Waals surface area contributed by atoms with Gasteiger partial charge in [0.2, 0.25) is 0 Å². The summed E-state index contributed by atoms with van der Waals surface area (Å²) in [6, 6.07) is 62.8. The third-order valence-corrected chi connectivity index (χ3v) is 9.76.